The third-order valence-corrected chi connectivity index (χ3v) is 3.57. The fraction of sp³-hybridized carbons (Fsp3) is 0.833. The van der Waals surface area contributed by atoms with Crippen LogP contribution in [0.3, 0.4) is 0 Å². The fourth-order valence-electron chi connectivity index (χ4n) is 2.32. The molecule has 1 nitrogen and oxygen atoms in total. The van der Waals surface area contributed by atoms with Gasteiger partial charge in [0.15, 0.2) is 0 Å². The quantitative estimate of drug-likeness (QED) is 0.299. The largest absolute Gasteiger partial charge is 0.316 e. The van der Waals surface area contributed by atoms with E-state index in [0.717, 1.165) is 13.0 Å². The molecule has 0 amide bonds. The highest BCUT2D eigenvalue weighted by atomic mass is 14.8. The first kappa shape index (κ1) is 18.5. The summed E-state index contributed by atoms with van der Waals surface area (Å²) in [6.45, 7) is 8.08. The molecule has 0 aromatic rings. The summed E-state index contributed by atoms with van der Waals surface area (Å²) in [5.41, 5.74) is 2.80. The van der Waals surface area contributed by atoms with E-state index in [-0.39, 0.29) is 0 Å². The van der Waals surface area contributed by atoms with Crippen molar-refractivity contribution >= 4 is 0 Å². The maximum atomic E-state index is 3.56. The molecule has 19 heavy (non-hydrogen) atoms. The molecule has 0 aliphatic carbocycles. The molecule has 0 saturated carbocycles. The van der Waals surface area contributed by atoms with Crippen LogP contribution in [0.5, 0.6) is 0 Å². The molecule has 0 atom stereocenters. The SMILES string of the molecule is C=C=CCCNCCCCCCCCCCCCC. The summed E-state index contributed by atoms with van der Waals surface area (Å²) >= 11 is 0. The summed E-state index contributed by atoms with van der Waals surface area (Å²) in [4.78, 5) is 0. The fourth-order valence-corrected chi connectivity index (χ4v) is 2.32. The van der Waals surface area contributed by atoms with E-state index < -0.39 is 0 Å². The summed E-state index contributed by atoms with van der Waals surface area (Å²) in [7, 11) is 0. The van der Waals surface area contributed by atoms with Gasteiger partial charge in [-0.05, 0) is 32.0 Å². The van der Waals surface area contributed by atoms with Gasteiger partial charge in [0.05, 0.1) is 0 Å². The van der Waals surface area contributed by atoms with Gasteiger partial charge in [-0.3, -0.25) is 0 Å². The van der Waals surface area contributed by atoms with Crippen LogP contribution in [-0.4, -0.2) is 13.1 Å². The van der Waals surface area contributed by atoms with Crippen LogP contribution in [0, 0.1) is 0 Å². The van der Waals surface area contributed by atoms with Gasteiger partial charge in [0.1, 0.15) is 0 Å². The Morgan fingerprint density at radius 3 is 1.84 bits per heavy atom. The van der Waals surface area contributed by atoms with Crippen molar-refractivity contribution < 1.29 is 0 Å². The zero-order valence-electron chi connectivity index (χ0n) is 13.2. The number of nitrogens with one attached hydrogen (secondary N) is 1. The van der Waals surface area contributed by atoms with Gasteiger partial charge in [-0.1, -0.05) is 77.7 Å². The molecule has 0 heterocycles. The van der Waals surface area contributed by atoms with Gasteiger partial charge in [-0.2, -0.15) is 0 Å². The van der Waals surface area contributed by atoms with E-state index in [1.807, 2.05) is 6.08 Å². The zero-order chi connectivity index (χ0) is 14.0. The van der Waals surface area contributed by atoms with Gasteiger partial charge in [0, 0.05) is 0 Å². The summed E-state index contributed by atoms with van der Waals surface area (Å²) < 4.78 is 0. The molecule has 0 aliphatic rings. The van der Waals surface area contributed by atoms with Crippen LogP contribution < -0.4 is 5.32 Å². The van der Waals surface area contributed by atoms with E-state index in [4.69, 9.17) is 0 Å². The van der Waals surface area contributed by atoms with Crippen LogP contribution in [0.25, 0.3) is 0 Å². The van der Waals surface area contributed by atoms with Crippen LogP contribution in [0.15, 0.2) is 18.4 Å². The predicted molar refractivity (Wildman–Crippen MR) is 87.7 cm³/mol. The van der Waals surface area contributed by atoms with Gasteiger partial charge >= 0.3 is 0 Å². The Morgan fingerprint density at radius 2 is 1.32 bits per heavy atom. The van der Waals surface area contributed by atoms with E-state index in [0.29, 0.717) is 0 Å². The molecule has 0 unspecified atom stereocenters. The van der Waals surface area contributed by atoms with Crippen molar-refractivity contribution in [2.75, 3.05) is 13.1 Å². The molecular weight excluding hydrogens is 230 g/mol. The van der Waals surface area contributed by atoms with Gasteiger partial charge in [0.25, 0.3) is 0 Å². The van der Waals surface area contributed by atoms with E-state index in [2.05, 4.69) is 24.6 Å². The molecule has 0 aromatic carbocycles. The molecule has 1 N–H and O–H groups in total. The minimum absolute atomic E-state index is 1.06. The lowest BCUT2D eigenvalue weighted by Gasteiger charge is -2.03. The van der Waals surface area contributed by atoms with Gasteiger partial charge < -0.3 is 5.32 Å². The number of hydrogen-bond acceptors (Lipinski definition) is 1. The second-order valence-electron chi connectivity index (χ2n) is 5.48. The van der Waals surface area contributed by atoms with E-state index in [9.17, 15) is 0 Å². The van der Waals surface area contributed by atoms with Gasteiger partial charge in [-0.15, -0.1) is 5.73 Å². The minimum atomic E-state index is 1.06. The number of unbranched alkanes of at least 4 members (excludes halogenated alkanes) is 10. The summed E-state index contributed by atoms with van der Waals surface area (Å²) in [5.74, 6) is 0. The number of hydrogen-bond donors (Lipinski definition) is 1. The zero-order valence-corrected chi connectivity index (χ0v) is 13.2. The molecule has 0 aliphatic heterocycles. The summed E-state index contributed by atoms with van der Waals surface area (Å²) in [5, 5.41) is 3.45. The minimum Gasteiger partial charge on any atom is -0.316 e. The Kier molecular flexibility index (Phi) is 17.0. The predicted octanol–water partition coefficient (Wildman–Crippen LogP) is 5.62. The summed E-state index contributed by atoms with van der Waals surface area (Å²) in [6.07, 6.45) is 18.7. The van der Waals surface area contributed by atoms with Crippen LogP contribution in [0.4, 0.5) is 0 Å². The third kappa shape index (κ3) is 17.5. The third-order valence-electron chi connectivity index (χ3n) is 3.57. The van der Waals surface area contributed by atoms with E-state index in [1.165, 1.54) is 77.2 Å². The maximum Gasteiger partial charge on any atom is -0.000817 e. The molecule has 112 valence electrons. The lowest BCUT2D eigenvalue weighted by molar-refractivity contribution is 0.540. The van der Waals surface area contributed by atoms with Crippen molar-refractivity contribution in [3.8, 4) is 0 Å². The van der Waals surface area contributed by atoms with Gasteiger partial charge in [0.2, 0.25) is 0 Å². The van der Waals surface area contributed by atoms with Crippen molar-refractivity contribution in [3.05, 3.63) is 18.4 Å². The average molecular weight is 265 g/mol. The van der Waals surface area contributed by atoms with E-state index >= 15 is 0 Å². The molecule has 0 bridgehead atoms. The van der Waals surface area contributed by atoms with E-state index in [1.54, 1.807) is 0 Å². The highest BCUT2D eigenvalue weighted by Crippen LogP contribution is 2.10. The average Bonchev–Trinajstić information content (AvgIpc) is 2.43. The molecule has 0 spiro atoms. The van der Waals surface area contributed by atoms with Crippen molar-refractivity contribution in [3.63, 3.8) is 0 Å². The Labute approximate surface area is 121 Å². The van der Waals surface area contributed by atoms with Crippen LogP contribution in [-0.2, 0) is 0 Å². The maximum absolute atomic E-state index is 3.56. The first-order valence-electron chi connectivity index (χ1n) is 8.46. The summed E-state index contributed by atoms with van der Waals surface area (Å²) in [6, 6.07) is 0. The standard InChI is InChI=1S/C18H35N/c1-3-5-7-8-9-10-11-12-13-14-16-18-19-17-15-6-4-2/h6,19H,2-3,5,7-18H2,1H3. The Balaban J connectivity index is 2.93. The number of rotatable bonds is 15. The van der Waals surface area contributed by atoms with Crippen LogP contribution >= 0.6 is 0 Å². The van der Waals surface area contributed by atoms with Crippen molar-refractivity contribution in [1.29, 1.82) is 0 Å². The van der Waals surface area contributed by atoms with Gasteiger partial charge in [-0.25, -0.2) is 0 Å². The topological polar surface area (TPSA) is 12.0 Å². The lowest BCUT2D eigenvalue weighted by Crippen LogP contribution is -2.15. The first-order chi connectivity index (χ1) is 9.41. The second-order valence-corrected chi connectivity index (χ2v) is 5.48. The molecule has 0 aromatic heterocycles. The molecule has 1 heteroatoms. The highest BCUT2D eigenvalue weighted by molar-refractivity contribution is 4.76. The molecule has 0 saturated heterocycles. The lowest BCUT2D eigenvalue weighted by atomic mass is 10.1. The van der Waals surface area contributed by atoms with Crippen molar-refractivity contribution in [2.24, 2.45) is 0 Å². The molecule has 0 radical (unpaired) electrons. The van der Waals surface area contributed by atoms with Crippen molar-refractivity contribution in [2.45, 2.75) is 84.0 Å². The first-order valence-corrected chi connectivity index (χ1v) is 8.46. The molecule has 0 fully saturated rings. The second kappa shape index (κ2) is 17.5. The Hall–Kier alpha value is -0.520. The molecular formula is C18H35N. The monoisotopic (exact) mass is 265 g/mol. The normalized spacial score (nSPS) is 10.4. The Morgan fingerprint density at radius 1 is 0.789 bits per heavy atom. The smallest absolute Gasteiger partial charge is 0.000817 e. The van der Waals surface area contributed by atoms with Crippen LogP contribution in [0.2, 0.25) is 0 Å². The molecule has 0 rings (SSSR count). The van der Waals surface area contributed by atoms with Crippen molar-refractivity contribution in [1.82, 2.24) is 5.32 Å². The Bertz CT molecular complexity index is 204. The highest BCUT2D eigenvalue weighted by Gasteiger charge is 1.93. The van der Waals surface area contributed by atoms with Crippen LogP contribution in [0.1, 0.15) is 84.0 Å².